The summed E-state index contributed by atoms with van der Waals surface area (Å²) in [6.45, 7) is 3.45. The van der Waals surface area contributed by atoms with Gasteiger partial charge in [0.2, 0.25) is 11.8 Å². The van der Waals surface area contributed by atoms with Crippen LogP contribution in [-0.2, 0) is 32.6 Å². The average Bonchev–Trinajstić information content (AvgIpc) is 3.07. The summed E-state index contributed by atoms with van der Waals surface area (Å²) in [7, 11) is -4.20. The van der Waals surface area contributed by atoms with Crippen LogP contribution >= 0.6 is 11.6 Å². The van der Waals surface area contributed by atoms with Crippen LogP contribution in [0, 0.1) is 13.8 Å². The van der Waals surface area contributed by atoms with Gasteiger partial charge in [-0.25, -0.2) is 8.42 Å². The zero-order chi connectivity index (χ0) is 33.4. The predicted octanol–water partition coefficient (Wildman–Crippen LogP) is 7.24. The molecule has 2 amide bonds. The van der Waals surface area contributed by atoms with Gasteiger partial charge in [0.05, 0.1) is 10.6 Å². The van der Waals surface area contributed by atoms with E-state index in [1.807, 2.05) is 68.4 Å². The number of carbonyl (C=O) groups excluding carboxylic acids is 2. The van der Waals surface area contributed by atoms with Crippen molar-refractivity contribution in [2.75, 3.05) is 10.8 Å². The SMILES string of the molecule is Cc1ccc(S(=O)(=O)N(CC(=O)N(Cc2ccccc2C)C(Cc2ccccc2)C(=O)NC2CCCCC2)c2cccc(Cl)c2)cc1. The molecule has 0 heterocycles. The fraction of sp³-hybridized carbons (Fsp3) is 0.316. The lowest BCUT2D eigenvalue weighted by molar-refractivity contribution is -0.140. The highest BCUT2D eigenvalue weighted by molar-refractivity contribution is 7.92. The summed E-state index contributed by atoms with van der Waals surface area (Å²) < 4.78 is 29.5. The maximum Gasteiger partial charge on any atom is 0.264 e. The lowest BCUT2D eigenvalue weighted by Gasteiger charge is -2.35. The van der Waals surface area contributed by atoms with Gasteiger partial charge in [-0.1, -0.05) is 109 Å². The maximum atomic E-state index is 14.7. The Morgan fingerprint density at radius 3 is 2.21 bits per heavy atom. The van der Waals surface area contributed by atoms with E-state index in [4.69, 9.17) is 11.6 Å². The van der Waals surface area contributed by atoms with Crippen LogP contribution in [-0.4, -0.2) is 43.8 Å². The highest BCUT2D eigenvalue weighted by Gasteiger charge is 2.35. The number of hydrogen-bond acceptors (Lipinski definition) is 4. The number of halogens is 1. The van der Waals surface area contributed by atoms with Gasteiger partial charge >= 0.3 is 0 Å². The van der Waals surface area contributed by atoms with Crippen molar-refractivity contribution in [3.05, 3.63) is 130 Å². The lowest BCUT2D eigenvalue weighted by Crippen LogP contribution is -2.55. The Labute approximate surface area is 283 Å². The molecule has 9 heteroatoms. The minimum atomic E-state index is -4.20. The molecule has 0 radical (unpaired) electrons. The van der Waals surface area contributed by atoms with E-state index in [1.165, 1.54) is 18.2 Å². The van der Waals surface area contributed by atoms with Crippen LogP contribution in [0.2, 0.25) is 5.02 Å². The number of sulfonamides is 1. The first-order valence-electron chi connectivity index (χ1n) is 16.1. The van der Waals surface area contributed by atoms with E-state index in [9.17, 15) is 18.0 Å². The number of carbonyl (C=O) groups is 2. The third-order valence-corrected chi connectivity index (χ3v) is 10.8. The smallest absolute Gasteiger partial charge is 0.264 e. The number of nitrogens with zero attached hydrogens (tertiary/aromatic N) is 2. The Morgan fingerprint density at radius 2 is 1.53 bits per heavy atom. The first-order chi connectivity index (χ1) is 22.6. The predicted molar refractivity (Wildman–Crippen MR) is 188 cm³/mol. The molecule has 1 fully saturated rings. The van der Waals surface area contributed by atoms with E-state index in [2.05, 4.69) is 5.32 Å². The topological polar surface area (TPSA) is 86.8 Å². The second-order valence-electron chi connectivity index (χ2n) is 12.3. The molecular formula is C38H42ClN3O4S. The van der Waals surface area contributed by atoms with Gasteiger partial charge in [0.15, 0.2) is 0 Å². The van der Waals surface area contributed by atoms with Crippen molar-refractivity contribution in [2.24, 2.45) is 0 Å². The molecule has 246 valence electrons. The molecule has 1 unspecified atom stereocenters. The molecule has 0 aromatic heterocycles. The van der Waals surface area contributed by atoms with Crippen LogP contribution in [0.3, 0.4) is 0 Å². The van der Waals surface area contributed by atoms with Gasteiger partial charge in [-0.2, -0.15) is 0 Å². The third-order valence-electron chi connectivity index (χ3n) is 8.81. The van der Waals surface area contributed by atoms with Crippen molar-refractivity contribution in [3.63, 3.8) is 0 Å². The summed E-state index contributed by atoms with van der Waals surface area (Å²) in [5.74, 6) is -0.734. The summed E-state index contributed by atoms with van der Waals surface area (Å²) in [6, 6.07) is 29.5. The Kier molecular flexibility index (Phi) is 11.4. The standard InChI is InChI=1S/C38H42ClN3O4S/c1-28-20-22-35(23-21-28)47(45,46)42(34-19-11-16-32(39)25-34)27-37(43)41(26-31-15-10-9-12-29(31)2)36(24-30-13-5-3-6-14-30)38(44)40-33-17-7-4-8-18-33/h3,5-6,9-16,19-23,25,33,36H,4,7-8,17-18,24,26-27H2,1-2H3,(H,40,44). The molecule has 5 rings (SSSR count). The molecular weight excluding hydrogens is 630 g/mol. The Bertz CT molecular complexity index is 1770. The summed E-state index contributed by atoms with van der Waals surface area (Å²) >= 11 is 6.33. The number of nitrogens with one attached hydrogen (secondary N) is 1. The first kappa shape index (κ1) is 34.2. The largest absolute Gasteiger partial charge is 0.352 e. The van der Waals surface area contributed by atoms with E-state index in [-0.39, 0.29) is 35.5 Å². The average molecular weight is 672 g/mol. The first-order valence-corrected chi connectivity index (χ1v) is 18.0. The Morgan fingerprint density at radius 1 is 0.851 bits per heavy atom. The molecule has 1 N–H and O–H groups in total. The lowest BCUT2D eigenvalue weighted by atomic mass is 9.94. The number of rotatable bonds is 12. The van der Waals surface area contributed by atoms with Gasteiger partial charge in [0.1, 0.15) is 12.6 Å². The van der Waals surface area contributed by atoms with Gasteiger partial charge in [-0.3, -0.25) is 13.9 Å². The summed E-state index contributed by atoms with van der Waals surface area (Å²) in [5, 5.41) is 3.58. The molecule has 1 aliphatic carbocycles. The van der Waals surface area contributed by atoms with Crippen molar-refractivity contribution in [1.82, 2.24) is 10.2 Å². The highest BCUT2D eigenvalue weighted by atomic mass is 35.5. The number of amides is 2. The van der Waals surface area contributed by atoms with E-state index in [0.29, 0.717) is 5.02 Å². The normalized spacial score (nSPS) is 14.3. The minimum absolute atomic E-state index is 0.0369. The quantitative estimate of drug-likeness (QED) is 0.172. The fourth-order valence-corrected chi connectivity index (χ4v) is 7.66. The van der Waals surface area contributed by atoms with Gasteiger partial charge in [-0.05, 0) is 73.7 Å². The van der Waals surface area contributed by atoms with E-state index < -0.39 is 28.5 Å². The van der Waals surface area contributed by atoms with Crippen LogP contribution in [0.4, 0.5) is 5.69 Å². The molecule has 7 nitrogen and oxygen atoms in total. The molecule has 1 aliphatic rings. The van der Waals surface area contributed by atoms with Gasteiger partial charge < -0.3 is 10.2 Å². The molecule has 0 aliphatic heterocycles. The molecule has 1 saturated carbocycles. The number of benzene rings is 4. The van der Waals surface area contributed by atoms with Crippen molar-refractivity contribution >= 4 is 39.1 Å². The van der Waals surface area contributed by atoms with Crippen molar-refractivity contribution < 1.29 is 18.0 Å². The van der Waals surface area contributed by atoms with Crippen LogP contribution in [0.1, 0.15) is 54.4 Å². The summed E-state index contributed by atoms with van der Waals surface area (Å²) in [4.78, 5) is 30.5. The van der Waals surface area contributed by atoms with Gasteiger partial charge in [0.25, 0.3) is 10.0 Å². The second-order valence-corrected chi connectivity index (χ2v) is 14.6. The zero-order valence-corrected chi connectivity index (χ0v) is 28.5. The molecule has 0 saturated heterocycles. The highest BCUT2D eigenvalue weighted by Crippen LogP contribution is 2.28. The number of hydrogen-bond donors (Lipinski definition) is 1. The van der Waals surface area contributed by atoms with Crippen LogP contribution < -0.4 is 9.62 Å². The monoisotopic (exact) mass is 671 g/mol. The zero-order valence-electron chi connectivity index (χ0n) is 26.9. The Balaban J connectivity index is 1.57. The van der Waals surface area contributed by atoms with Gasteiger partial charge in [0, 0.05) is 24.0 Å². The minimum Gasteiger partial charge on any atom is -0.352 e. The molecule has 47 heavy (non-hydrogen) atoms. The van der Waals surface area contributed by atoms with Crippen LogP contribution in [0.5, 0.6) is 0 Å². The molecule has 4 aromatic carbocycles. The molecule has 4 aromatic rings. The Hall–Kier alpha value is -4.14. The number of anilines is 1. The van der Waals surface area contributed by atoms with E-state index >= 15 is 0 Å². The van der Waals surface area contributed by atoms with Crippen LogP contribution in [0.15, 0.2) is 108 Å². The van der Waals surface area contributed by atoms with Crippen molar-refractivity contribution in [2.45, 2.75) is 75.9 Å². The molecule has 1 atom stereocenters. The van der Waals surface area contributed by atoms with Crippen LogP contribution in [0.25, 0.3) is 0 Å². The maximum absolute atomic E-state index is 14.7. The van der Waals surface area contributed by atoms with E-state index in [1.54, 1.807) is 35.2 Å². The van der Waals surface area contributed by atoms with E-state index in [0.717, 1.165) is 58.7 Å². The third kappa shape index (κ3) is 8.82. The second kappa shape index (κ2) is 15.6. The molecule has 0 bridgehead atoms. The van der Waals surface area contributed by atoms with Crippen molar-refractivity contribution in [1.29, 1.82) is 0 Å². The molecule has 0 spiro atoms. The number of aryl methyl sites for hydroxylation is 2. The summed E-state index contributed by atoms with van der Waals surface area (Å²) in [5.41, 5.74) is 3.91. The summed E-state index contributed by atoms with van der Waals surface area (Å²) in [6.07, 6.45) is 5.31. The fourth-order valence-electron chi connectivity index (χ4n) is 6.07. The van der Waals surface area contributed by atoms with Crippen molar-refractivity contribution in [3.8, 4) is 0 Å². The van der Waals surface area contributed by atoms with Gasteiger partial charge in [-0.15, -0.1) is 0 Å².